The first kappa shape index (κ1) is 14.3. The van der Waals surface area contributed by atoms with Crippen LogP contribution in [0.4, 0.5) is 5.69 Å². The van der Waals surface area contributed by atoms with Crippen LogP contribution in [-0.2, 0) is 11.2 Å². The highest BCUT2D eigenvalue weighted by Gasteiger charge is 2.10. The fourth-order valence-electron chi connectivity index (χ4n) is 1.56. The van der Waals surface area contributed by atoms with Crippen molar-refractivity contribution in [2.24, 2.45) is 0 Å². The highest BCUT2D eigenvalue weighted by Crippen LogP contribution is 2.12. The second-order valence-corrected chi connectivity index (χ2v) is 4.08. The van der Waals surface area contributed by atoms with Crippen LogP contribution in [0.1, 0.15) is 16.1 Å². The number of nitro benzene ring substituents is 1. The molecule has 8 heteroatoms. The third-order valence-electron chi connectivity index (χ3n) is 2.57. The maximum Gasteiger partial charge on any atom is 0.305 e. The van der Waals surface area contributed by atoms with Gasteiger partial charge >= 0.3 is 5.91 Å². The first-order valence-corrected chi connectivity index (χ1v) is 5.92. The van der Waals surface area contributed by atoms with Gasteiger partial charge in [-0.2, -0.15) is 0 Å². The van der Waals surface area contributed by atoms with E-state index in [2.05, 4.69) is 10.9 Å². The van der Waals surface area contributed by atoms with Crippen molar-refractivity contribution in [3.05, 3.63) is 64.1 Å². The third-order valence-corrected chi connectivity index (χ3v) is 2.57. The van der Waals surface area contributed by atoms with Gasteiger partial charge in [-0.1, -0.05) is 12.1 Å². The fraction of sp³-hybridized carbons (Fsp3) is 0.0769. The minimum absolute atomic E-state index is 0.0174. The maximum absolute atomic E-state index is 11.6. The quantitative estimate of drug-likeness (QED) is 0.648. The Hall–Kier alpha value is -3.16. The molecule has 2 rings (SSSR count). The van der Waals surface area contributed by atoms with E-state index in [1.807, 2.05) is 0 Å². The number of furan rings is 1. The van der Waals surface area contributed by atoms with Gasteiger partial charge in [-0.25, -0.2) is 0 Å². The lowest BCUT2D eigenvalue weighted by molar-refractivity contribution is -0.384. The molecule has 0 spiro atoms. The van der Waals surface area contributed by atoms with E-state index in [1.54, 1.807) is 6.07 Å². The van der Waals surface area contributed by atoms with Gasteiger partial charge < -0.3 is 4.42 Å². The molecule has 0 radical (unpaired) electrons. The highest BCUT2D eigenvalue weighted by atomic mass is 16.6. The Morgan fingerprint density at radius 1 is 1.14 bits per heavy atom. The lowest BCUT2D eigenvalue weighted by Crippen LogP contribution is -2.42. The molecule has 0 unspecified atom stereocenters. The first-order chi connectivity index (χ1) is 10.1. The van der Waals surface area contributed by atoms with E-state index in [0.717, 1.165) is 0 Å². The van der Waals surface area contributed by atoms with E-state index in [4.69, 9.17) is 4.42 Å². The standard InChI is InChI=1S/C13H11N3O5/c17-12(14-15-13(18)11-2-1-7-21-11)8-9-3-5-10(6-4-9)16(19)20/h1-7H,8H2,(H,14,17)(H,15,18). The Balaban J connectivity index is 1.84. The molecular formula is C13H11N3O5. The van der Waals surface area contributed by atoms with Gasteiger partial charge in [-0.3, -0.25) is 30.6 Å². The number of hydrogen-bond acceptors (Lipinski definition) is 5. The van der Waals surface area contributed by atoms with Crippen molar-refractivity contribution in [3.63, 3.8) is 0 Å². The molecule has 8 nitrogen and oxygen atoms in total. The number of nitrogens with one attached hydrogen (secondary N) is 2. The van der Waals surface area contributed by atoms with Gasteiger partial charge in [0.25, 0.3) is 5.69 Å². The van der Waals surface area contributed by atoms with Crippen LogP contribution in [0, 0.1) is 10.1 Å². The molecular weight excluding hydrogens is 278 g/mol. The Morgan fingerprint density at radius 3 is 2.43 bits per heavy atom. The van der Waals surface area contributed by atoms with Crippen LogP contribution in [0.25, 0.3) is 0 Å². The van der Waals surface area contributed by atoms with Crippen LogP contribution in [0.15, 0.2) is 47.1 Å². The molecule has 21 heavy (non-hydrogen) atoms. The van der Waals surface area contributed by atoms with Gasteiger partial charge in [0.2, 0.25) is 5.91 Å². The van der Waals surface area contributed by atoms with Crippen LogP contribution in [-0.4, -0.2) is 16.7 Å². The zero-order valence-corrected chi connectivity index (χ0v) is 10.7. The average molecular weight is 289 g/mol. The van der Waals surface area contributed by atoms with Crippen molar-refractivity contribution < 1.29 is 18.9 Å². The predicted molar refractivity (Wildman–Crippen MR) is 71.1 cm³/mol. The van der Waals surface area contributed by atoms with E-state index >= 15 is 0 Å². The molecule has 0 bridgehead atoms. The van der Waals surface area contributed by atoms with E-state index in [0.29, 0.717) is 5.56 Å². The number of nitrogens with zero attached hydrogens (tertiary/aromatic N) is 1. The van der Waals surface area contributed by atoms with Crippen LogP contribution in [0.2, 0.25) is 0 Å². The molecule has 0 aliphatic heterocycles. The average Bonchev–Trinajstić information content (AvgIpc) is 2.99. The van der Waals surface area contributed by atoms with Gasteiger partial charge in [-0.15, -0.1) is 0 Å². The SMILES string of the molecule is O=C(Cc1ccc([N+](=O)[O-])cc1)NNC(=O)c1ccco1. The first-order valence-electron chi connectivity index (χ1n) is 5.92. The number of carbonyl (C=O) groups excluding carboxylic acids is 2. The molecule has 0 atom stereocenters. The van der Waals surface area contributed by atoms with Crippen molar-refractivity contribution in [3.8, 4) is 0 Å². The molecule has 1 aromatic heterocycles. The molecule has 0 saturated carbocycles. The van der Waals surface area contributed by atoms with Gasteiger partial charge in [0.05, 0.1) is 17.6 Å². The Morgan fingerprint density at radius 2 is 1.86 bits per heavy atom. The number of nitro groups is 1. The number of hydrazine groups is 1. The van der Waals surface area contributed by atoms with Crippen molar-refractivity contribution in [2.45, 2.75) is 6.42 Å². The minimum atomic E-state index is -0.572. The molecule has 2 amide bonds. The monoisotopic (exact) mass is 289 g/mol. The largest absolute Gasteiger partial charge is 0.459 e. The summed E-state index contributed by atoms with van der Waals surface area (Å²) in [6, 6.07) is 8.58. The van der Waals surface area contributed by atoms with E-state index < -0.39 is 16.7 Å². The topological polar surface area (TPSA) is 114 Å². The zero-order chi connectivity index (χ0) is 15.2. The molecule has 2 N–H and O–H groups in total. The lowest BCUT2D eigenvalue weighted by atomic mass is 10.1. The summed E-state index contributed by atoms with van der Waals surface area (Å²) in [5, 5.41) is 10.5. The summed E-state index contributed by atoms with van der Waals surface area (Å²) >= 11 is 0. The summed E-state index contributed by atoms with van der Waals surface area (Å²) in [6.07, 6.45) is 1.32. The van der Waals surface area contributed by atoms with Gasteiger partial charge in [0.1, 0.15) is 0 Å². The summed E-state index contributed by atoms with van der Waals surface area (Å²) in [7, 11) is 0. The van der Waals surface area contributed by atoms with E-state index in [9.17, 15) is 19.7 Å². The van der Waals surface area contributed by atoms with Crippen molar-refractivity contribution in [1.82, 2.24) is 10.9 Å². The number of non-ortho nitro benzene ring substituents is 1. The van der Waals surface area contributed by atoms with Gasteiger partial charge in [-0.05, 0) is 17.7 Å². The minimum Gasteiger partial charge on any atom is -0.459 e. The molecule has 0 fully saturated rings. The Bertz CT molecular complexity index is 649. The summed E-state index contributed by atoms with van der Waals surface area (Å²) in [4.78, 5) is 33.1. The Kier molecular flexibility index (Phi) is 4.30. The molecule has 1 heterocycles. The van der Waals surface area contributed by atoms with E-state index in [1.165, 1.54) is 36.6 Å². The normalized spacial score (nSPS) is 9.90. The molecule has 1 aromatic carbocycles. The summed E-state index contributed by atoms with van der Waals surface area (Å²) in [5.74, 6) is -0.952. The van der Waals surface area contributed by atoms with E-state index in [-0.39, 0.29) is 17.9 Å². The van der Waals surface area contributed by atoms with Crippen LogP contribution >= 0.6 is 0 Å². The predicted octanol–water partition coefficient (Wildman–Crippen LogP) is 1.19. The molecule has 0 aliphatic rings. The molecule has 0 saturated heterocycles. The smallest absolute Gasteiger partial charge is 0.305 e. The summed E-state index contributed by atoms with van der Waals surface area (Å²) in [6.45, 7) is 0. The van der Waals surface area contributed by atoms with Crippen molar-refractivity contribution in [1.29, 1.82) is 0 Å². The highest BCUT2D eigenvalue weighted by molar-refractivity contribution is 5.93. The molecule has 108 valence electrons. The van der Waals surface area contributed by atoms with Crippen LogP contribution in [0.3, 0.4) is 0 Å². The molecule has 2 aromatic rings. The van der Waals surface area contributed by atoms with Gasteiger partial charge in [0.15, 0.2) is 5.76 Å². The van der Waals surface area contributed by atoms with Crippen LogP contribution < -0.4 is 10.9 Å². The van der Waals surface area contributed by atoms with Gasteiger partial charge in [0, 0.05) is 12.1 Å². The summed E-state index contributed by atoms with van der Waals surface area (Å²) < 4.78 is 4.85. The number of amides is 2. The number of benzene rings is 1. The second-order valence-electron chi connectivity index (χ2n) is 4.08. The zero-order valence-electron chi connectivity index (χ0n) is 10.7. The summed E-state index contributed by atoms with van der Waals surface area (Å²) in [5.41, 5.74) is 4.96. The van der Waals surface area contributed by atoms with Crippen molar-refractivity contribution >= 4 is 17.5 Å². The fourth-order valence-corrected chi connectivity index (χ4v) is 1.56. The lowest BCUT2D eigenvalue weighted by Gasteiger charge is -2.05. The van der Waals surface area contributed by atoms with Crippen molar-refractivity contribution in [2.75, 3.05) is 0 Å². The number of hydrogen-bond donors (Lipinski definition) is 2. The number of rotatable bonds is 4. The third kappa shape index (κ3) is 3.90. The Labute approximate surface area is 118 Å². The second kappa shape index (κ2) is 6.33. The van der Waals surface area contributed by atoms with Crippen LogP contribution in [0.5, 0.6) is 0 Å². The number of carbonyl (C=O) groups is 2. The molecule has 0 aliphatic carbocycles. The maximum atomic E-state index is 11.6.